The quantitative estimate of drug-likeness (QED) is 0.862. The molecule has 1 N–H and O–H groups in total. The Bertz CT molecular complexity index is 462. The number of nitrogens with one attached hydrogen (secondary N) is 1. The van der Waals surface area contributed by atoms with Crippen LogP contribution in [-0.2, 0) is 6.54 Å². The van der Waals surface area contributed by atoms with Gasteiger partial charge in [0, 0.05) is 29.2 Å². The Kier molecular flexibility index (Phi) is 4.64. The molecule has 0 amide bonds. The molecule has 0 bridgehead atoms. The van der Waals surface area contributed by atoms with Gasteiger partial charge in [0.1, 0.15) is 5.75 Å². The smallest absolute Gasteiger partial charge is 0.123 e. The molecule has 1 aliphatic heterocycles. The SMILES string of the molecule is COc1ccc(Br)cc1CNCC1CCN(C2CC2)C1. The molecular formula is C16H23BrN2O. The van der Waals surface area contributed by atoms with Gasteiger partial charge in [0.05, 0.1) is 7.11 Å². The molecule has 4 heteroatoms. The van der Waals surface area contributed by atoms with Crippen LogP contribution < -0.4 is 10.1 Å². The Balaban J connectivity index is 1.46. The van der Waals surface area contributed by atoms with Crippen molar-refractivity contribution in [3.63, 3.8) is 0 Å². The van der Waals surface area contributed by atoms with E-state index in [2.05, 4.69) is 32.2 Å². The third kappa shape index (κ3) is 3.54. The second kappa shape index (κ2) is 6.46. The molecule has 20 heavy (non-hydrogen) atoms. The minimum absolute atomic E-state index is 0.814. The molecule has 3 nitrogen and oxygen atoms in total. The summed E-state index contributed by atoms with van der Waals surface area (Å²) >= 11 is 3.52. The molecule has 0 spiro atoms. The Morgan fingerprint density at radius 2 is 2.20 bits per heavy atom. The van der Waals surface area contributed by atoms with Crippen molar-refractivity contribution in [3.05, 3.63) is 28.2 Å². The number of benzene rings is 1. The van der Waals surface area contributed by atoms with Gasteiger partial charge < -0.3 is 15.0 Å². The number of halogens is 1. The number of ether oxygens (including phenoxy) is 1. The molecule has 1 saturated heterocycles. The molecule has 0 aromatic heterocycles. The highest BCUT2D eigenvalue weighted by atomic mass is 79.9. The fourth-order valence-electron chi connectivity index (χ4n) is 3.10. The highest BCUT2D eigenvalue weighted by Gasteiger charge is 2.33. The first-order valence-corrected chi connectivity index (χ1v) is 8.32. The van der Waals surface area contributed by atoms with Crippen molar-refractivity contribution in [2.75, 3.05) is 26.7 Å². The lowest BCUT2D eigenvalue weighted by atomic mass is 10.1. The molecule has 1 saturated carbocycles. The van der Waals surface area contributed by atoms with Crippen LogP contribution >= 0.6 is 15.9 Å². The lowest BCUT2D eigenvalue weighted by Crippen LogP contribution is -2.27. The van der Waals surface area contributed by atoms with Crippen molar-refractivity contribution >= 4 is 15.9 Å². The largest absolute Gasteiger partial charge is 0.496 e. The molecule has 1 aromatic carbocycles. The molecular weight excluding hydrogens is 316 g/mol. The molecule has 1 unspecified atom stereocenters. The van der Waals surface area contributed by atoms with Crippen molar-refractivity contribution in [1.82, 2.24) is 10.2 Å². The summed E-state index contributed by atoms with van der Waals surface area (Å²) in [4.78, 5) is 2.67. The summed E-state index contributed by atoms with van der Waals surface area (Å²) in [6.07, 6.45) is 4.20. The normalized spacial score (nSPS) is 23.2. The average molecular weight is 339 g/mol. The maximum atomic E-state index is 5.41. The van der Waals surface area contributed by atoms with Gasteiger partial charge in [-0.2, -0.15) is 0 Å². The van der Waals surface area contributed by atoms with Crippen LogP contribution in [0.2, 0.25) is 0 Å². The van der Waals surface area contributed by atoms with E-state index < -0.39 is 0 Å². The summed E-state index contributed by atoms with van der Waals surface area (Å²) in [5, 5.41) is 3.60. The van der Waals surface area contributed by atoms with Crippen molar-refractivity contribution in [3.8, 4) is 5.75 Å². The van der Waals surface area contributed by atoms with Gasteiger partial charge in [-0.15, -0.1) is 0 Å². The number of likely N-dealkylation sites (tertiary alicyclic amines) is 1. The number of methoxy groups -OCH3 is 1. The van der Waals surface area contributed by atoms with E-state index in [0.29, 0.717) is 0 Å². The van der Waals surface area contributed by atoms with Crippen LogP contribution in [0.15, 0.2) is 22.7 Å². The third-order valence-corrected chi connectivity index (χ3v) is 4.86. The summed E-state index contributed by atoms with van der Waals surface area (Å²) < 4.78 is 6.52. The van der Waals surface area contributed by atoms with Crippen molar-refractivity contribution < 1.29 is 4.74 Å². The van der Waals surface area contributed by atoms with Crippen LogP contribution in [0.5, 0.6) is 5.75 Å². The van der Waals surface area contributed by atoms with Gasteiger partial charge in [0.15, 0.2) is 0 Å². The number of nitrogens with zero attached hydrogens (tertiary/aromatic N) is 1. The van der Waals surface area contributed by atoms with Crippen molar-refractivity contribution in [1.29, 1.82) is 0 Å². The van der Waals surface area contributed by atoms with Crippen molar-refractivity contribution in [2.24, 2.45) is 5.92 Å². The first-order chi connectivity index (χ1) is 9.76. The maximum absolute atomic E-state index is 5.41. The summed E-state index contributed by atoms with van der Waals surface area (Å²) in [5.41, 5.74) is 1.22. The molecule has 1 atom stereocenters. The van der Waals surface area contributed by atoms with E-state index in [1.54, 1.807) is 7.11 Å². The minimum Gasteiger partial charge on any atom is -0.496 e. The van der Waals surface area contributed by atoms with Gasteiger partial charge >= 0.3 is 0 Å². The van der Waals surface area contributed by atoms with Gasteiger partial charge in [-0.3, -0.25) is 0 Å². The lowest BCUT2D eigenvalue weighted by Gasteiger charge is -2.16. The molecule has 2 aliphatic rings. The van der Waals surface area contributed by atoms with E-state index in [4.69, 9.17) is 4.74 Å². The monoisotopic (exact) mass is 338 g/mol. The zero-order valence-electron chi connectivity index (χ0n) is 12.1. The predicted octanol–water partition coefficient (Wildman–Crippen LogP) is 3.03. The molecule has 1 heterocycles. The van der Waals surface area contributed by atoms with Crippen LogP contribution in [0.4, 0.5) is 0 Å². The standard InChI is InChI=1S/C16H23BrN2O/c1-20-16-5-2-14(17)8-13(16)10-18-9-12-6-7-19(11-12)15-3-4-15/h2,5,8,12,15,18H,3-4,6-7,9-11H2,1H3. The predicted molar refractivity (Wildman–Crippen MR) is 85.1 cm³/mol. The highest BCUT2D eigenvalue weighted by molar-refractivity contribution is 9.10. The lowest BCUT2D eigenvalue weighted by molar-refractivity contribution is 0.311. The van der Waals surface area contributed by atoms with Gasteiger partial charge in [0.25, 0.3) is 0 Å². The Morgan fingerprint density at radius 1 is 1.35 bits per heavy atom. The fraction of sp³-hybridized carbons (Fsp3) is 0.625. The molecule has 110 valence electrons. The molecule has 1 aromatic rings. The minimum atomic E-state index is 0.814. The van der Waals surface area contributed by atoms with E-state index in [-0.39, 0.29) is 0 Å². The second-order valence-electron chi connectivity index (χ2n) is 5.97. The summed E-state index contributed by atoms with van der Waals surface area (Å²) in [6, 6.07) is 7.10. The van der Waals surface area contributed by atoms with E-state index in [1.165, 1.54) is 37.9 Å². The average Bonchev–Trinajstić information content (AvgIpc) is 3.19. The zero-order chi connectivity index (χ0) is 13.9. The first kappa shape index (κ1) is 14.4. The molecule has 0 radical (unpaired) electrons. The Morgan fingerprint density at radius 3 is 2.95 bits per heavy atom. The highest BCUT2D eigenvalue weighted by Crippen LogP contribution is 2.31. The van der Waals surface area contributed by atoms with Gasteiger partial charge in [0.2, 0.25) is 0 Å². The Labute approximate surface area is 129 Å². The summed E-state index contributed by atoms with van der Waals surface area (Å²) in [6.45, 7) is 4.58. The first-order valence-electron chi connectivity index (χ1n) is 7.53. The number of hydrogen-bond donors (Lipinski definition) is 1. The van der Waals surface area contributed by atoms with Crippen LogP contribution in [0, 0.1) is 5.92 Å². The van der Waals surface area contributed by atoms with Crippen LogP contribution in [0.3, 0.4) is 0 Å². The van der Waals surface area contributed by atoms with Gasteiger partial charge in [-0.1, -0.05) is 15.9 Å². The summed E-state index contributed by atoms with van der Waals surface area (Å²) in [7, 11) is 1.73. The van der Waals surface area contributed by atoms with E-state index >= 15 is 0 Å². The zero-order valence-corrected chi connectivity index (χ0v) is 13.7. The molecule has 1 aliphatic carbocycles. The topological polar surface area (TPSA) is 24.5 Å². The van der Waals surface area contributed by atoms with Crippen LogP contribution in [0.1, 0.15) is 24.8 Å². The Hall–Kier alpha value is -0.580. The second-order valence-corrected chi connectivity index (χ2v) is 6.88. The number of rotatable bonds is 6. The van der Waals surface area contributed by atoms with Crippen LogP contribution in [0.25, 0.3) is 0 Å². The number of hydrogen-bond acceptors (Lipinski definition) is 3. The summed E-state index contributed by atoms with van der Waals surface area (Å²) in [5.74, 6) is 1.78. The van der Waals surface area contributed by atoms with Crippen molar-refractivity contribution in [2.45, 2.75) is 31.8 Å². The molecule has 3 rings (SSSR count). The van der Waals surface area contributed by atoms with Gasteiger partial charge in [-0.05, 0) is 56.5 Å². The van der Waals surface area contributed by atoms with E-state index in [0.717, 1.165) is 35.3 Å². The van der Waals surface area contributed by atoms with E-state index in [1.807, 2.05) is 12.1 Å². The fourth-order valence-corrected chi connectivity index (χ4v) is 3.51. The van der Waals surface area contributed by atoms with E-state index in [9.17, 15) is 0 Å². The third-order valence-electron chi connectivity index (χ3n) is 4.37. The molecule has 2 fully saturated rings. The van der Waals surface area contributed by atoms with Gasteiger partial charge in [-0.25, -0.2) is 0 Å². The maximum Gasteiger partial charge on any atom is 0.123 e. The van der Waals surface area contributed by atoms with Crippen LogP contribution in [-0.4, -0.2) is 37.7 Å².